The molecule has 0 saturated heterocycles. The van der Waals surface area contributed by atoms with Crippen molar-refractivity contribution >= 4 is 5.84 Å². The van der Waals surface area contributed by atoms with E-state index in [-0.39, 0.29) is 0 Å². The van der Waals surface area contributed by atoms with E-state index in [1.54, 1.807) is 0 Å². The highest BCUT2D eigenvalue weighted by Gasteiger charge is 2.06. The molecule has 2 heteroatoms. The first kappa shape index (κ1) is 13.5. The summed E-state index contributed by atoms with van der Waals surface area (Å²) < 4.78 is 0. The molecule has 2 aromatic carbocycles. The van der Waals surface area contributed by atoms with Crippen molar-refractivity contribution in [1.82, 2.24) is 5.32 Å². The Morgan fingerprint density at radius 3 is 2.57 bits per heavy atom. The summed E-state index contributed by atoms with van der Waals surface area (Å²) in [4.78, 5) is 4.42. The molecule has 21 heavy (non-hydrogen) atoms. The zero-order valence-corrected chi connectivity index (χ0v) is 12.2. The third kappa shape index (κ3) is 3.14. The number of amidine groups is 1. The second-order valence-corrected chi connectivity index (χ2v) is 5.00. The van der Waals surface area contributed by atoms with Crippen molar-refractivity contribution in [3.63, 3.8) is 0 Å². The van der Waals surface area contributed by atoms with Crippen LogP contribution in [0.4, 0.5) is 0 Å². The molecule has 0 saturated carbocycles. The number of benzene rings is 2. The van der Waals surface area contributed by atoms with Gasteiger partial charge in [0.2, 0.25) is 0 Å². The van der Waals surface area contributed by atoms with E-state index in [2.05, 4.69) is 71.5 Å². The zero-order chi connectivity index (χ0) is 14.5. The summed E-state index contributed by atoms with van der Waals surface area (Å²) in [5, 5.41) is 3.28. The highest BCUT2D eigenvalue weighted by atomic mass is 15.1. The monoisotopic (exact) mass is 274 g/mol. The van der Waals surface area contributed by atoms with Crippen LogP contribution in [0.15, 0.2) is 53.5 Å². The molecule has 0 aliphatic carbocycles. The SMILES string of the molecule is CCc1ccccc1C#Cc1ccc(C2=NCCN2)cc1. The van der Waals surface area contributed by atoms with Gasteiger partial charge in [-0.3, -0.25) is 4.99 Å². The van der Waals surface area contributed by atoms with E-state index in [9.17, 15) is 0 Å². The minimum absolute atomic E-state index is 0.866. The molecule has 0 radical (unpaired) electrons. The Kier molecular flexibility index (Phi) is 4.02. The predicted molar refractivity (Wildman–Crippen MR) is 87.6 cm³/mol. The molecule has 0 unspecified atom stereocenters. The van der Waals surface area contributed by atoms with Gasteiger partial charge < -0.3 is 5.32 Å². The van der Waals surface area contributed by atoms with Gasteiger partial charge in [-0.15, -0.1) is 0 Å². The van der Waals surface area contributed by atoms with Crippen LogP contribution >= 0.6 is 0 Å². The molecule has 2 nitrogen and oxygen atoms in total. The van der Waals surface area contributed by atoms with Gasteiger partial charge in [0.1, 0.15) is 5.84 Å². The molecule has 0 atom stereocenters. The maximum atomic E-state index is 4.42. The van der Waals surface area contributed by atoms with E-state index >= 15 is 0 Å². The van der Waals surface area contributed by atoms with Crippen LogP contribution in [0.3, 0.4) is 0 Å². The molecule has 2 aromatic rings. The molecule has 0 aromatic heterocycles. The lowest BCUT2D eigenvalue weighted by Crippen LogP contribution is -2.19. The van der Waals surface area contributed by atoms with E-state index in [0.29, 0.717) is 0 Å². The van der Waals surface area contributed by atoms with Crippen LogP contribution in [0, 0.1) is 11.8 Å². The highest BCUT2D eigenvalue weighted by Crippen LogP contribution is 2.09. The third-order valence-corrected chi connectivity index (χ3v) is 3.57. The fourth-order valence-corrected chi connectivity index (χ4v) is 2.39. The molecule has 104 valence electrons. The smallest absolute Gasteiger partial charge is 0.128 e. The van der Waals surface area contributed by atoms with Gasteiger partial charge in [-0.1, -0.05) is 49.1 Å². The summed E-state index contributed by atoms with van der Waals surface area (Å²) >= 11 is 0. The van der Waals surface area contributed by atoms with Crippen LogP contribution in [-0.4, -0.2) is 18.9 Å². The first-order valence-corrected chi connectivity index (χ1v) is 7.35. The second kappa shape index (κ2) is 6.28. The molecule has 1 heterocycles. The quantitative estimate of drug-likeness (QED) is 0.837. The highest BCUT2D eigenvalue weighted by molar-refractivity contribution is 5.99. The molecule has 1 aliphatic rings. The topological polar surface area (TPSA) is 24.4 Å². The van der Waals surface area contributed by atoms with E-state index in [4.69, 9.17) is 0 Å². The Morgan fingerprint density at radius 1 is 1.05 bits per heavy atom. The van der Waals surface area contributed by atoms with Crippen molar-refractivity contribution in [2.45, 2.75) is 13.3 Å². The maximum Gasteiger partial charge on any atom is 0.128 e. The molecular weight excluding hydrogens is 256 g/mol. The summed E-state index contributed by atoms with van der Waals surface area (Å²) in [5.74, 6) is 7.51. The molecule has 3 rings (SSSR count). The number of aliphatic imine (C=N–C) groups is 1. The van der Waals surface area contributed by atoms with Gasteiger partial charge >= 0.3 is 0 Å². The van der Waals surface area contributed by atoms with Crippen molar-refractivity contribution in [2.75, 3.05) is 13.1 Å². The van der Waals surface area contributed by atoms with Gasteiger partial charge in [-0.25, -0.2) is 0 Å². The Hall–Kier alpha value is -2.53. The van der Waals surface area contributed by atoms with E-state index in [0.717, 1.165) is 42.0 Å². The summed E-state index contributed by atoms with van der Waals surface area (Å²) in [6.07, 6.45) is 1.01. The van der Waals surface area contributed by atoms with Crippen LogP contribution in [-0.2, 0) is 6.42 Å². The van der Waals surface area contributed by atoms with Gasteiger partial charge in [0, 0.05) is 23.2 Å². The zero-order valence-electron chi connectivity index (χ0n) is 12.2. The first-order valence-electron chi connectivity index (χ1n) is 7.35. The van der Waals surface area contributed by atoms with Crippen LogP contribution < -0.4 is 5.32 Å². The van der Waals surface area contributed by atoms with Gasteiger partial charge in [0.25, 0.3) is 0 Å². The van der Waals surface area contributed by atoms with Crippen molar-refractivity contribution in [3.8, 4) is 11.8 Å². The predicted octanol–water partition coefficient (Wildman–Crippen LogP) is 3.00. The first-order chi connectivity index (χ1) is 10.4. The second-order valence-electron chi connectivity index (χ2n) is 5.00. The van der Waals surface area contributed by atoms with Crippen molar-refractivity contribution in [2.24, 2.45) is 4.99 Å². The number of nitrogens with zero attached hydrogens (tertiary/aromatic N) is 1. The minimum atomic E-state index is 0.866. The molecule has 0 bridgehead atoms. The van der Waals surface area contributed by atoms with Crippen molar-refractivity contribution in [3.05, 3.63) is 70.8 Å². The molecular formula is C19H18N2. The Balaban J connectivity index is 1.81. The Labute approximate surface area is 125 Å². The lowest BCUT2D eigenvalue weighted by atomic mass is 10.1. The normalized spacial score (nSPS) is 13.1. The summed E-state index contributed by atoms with van der Waals surface area (Å²) in [6.45, 7) is 3.96. The van der Waals surface area contributed by atoms with E-state index in [1.807, 2.05) is 6.07 Å². The molecule has 0 amide bonds. The van der Waals surface area contributed by atoms with Crippen LogP contribution in [0.25, 0.3) is 0 Å². The molecule has 1 aliphatic heterocycles. The lowest BCUT2D eigenvalue weighted by molar-refractivity contribution is 0.960. The van der Waals surface area contributed by atoms with Gasteiger partial charge in [-0.2, -0.15) is 0 Å². The van der Waals surface area contributed by atoms with E-state index < -0.39 is 0 Å². The van der Waals surface area contributed by atoms with Gasteiger partial charge in [-0.05, 0) is 30.2 Å². The van der Waals surface area contributed by atoms with Crippen LogP contribution in [0.2, 0.25) is 0 Å². The number of hydrogen-bond acceptors (Lipinski definition) is 2. The molecule has 1 N–H and O–H groups in total. The Morgan fingerprint density at radius 2 is 1.86 bits per heavy atom. The fraction of sp³-hybridized carbons (Fsp3) is 0.211. The molecule has 0 spiro atoms. The number of aryl methyl sites for hydroxylation is 1. The van der Waals surface area contributed by atoms with Gasteiger partial charge in [0.15, 0.2) is 0 Å². The minimum Gasteiger partial charge on any atom is -0.368 e. The number of nitrogens with one attached hydrogen (secondary N) is 1. The maximum absolute atomic E-state index is 4.42. The number of rotatable bonds is 2. The fourth-order valence-electron chi connectivity index (χ4n) is 2.39. The Bertz CT molecular complexity index is 715. The van der Waals surface area contributed by atoms with Crippen molar-refractivity contribution < 1.29 is 0 Å². The molecule has 0 fully saturated rings. The van der Waals surface area contributed by atoms with Crippen LogP contribution in [0.1, 0.15) is 29.2 Å². The van der Waals surface area contributed by atoms with Crippen molar-refractivity contribution in [1.29, 1.82) is 0 Å². The average molecular weight is 274 g/mol. The largest absolute Gasteiger partial charge is 0.368 e. The van der Waals surface area contributed by atoms with Crippen LogP contribution in [0.5, 0.6) is 0 Å². The van der Waals surface area contributed by atoms with E-state index in [1.165, 1.54) is 5.56 Å². The van der Waals surface area contributed by atoms with Gasteiger partial charge in [0.05, 0.1) is 6.54 Å². The summed E-state index contributed by atoms with van der Waals surface area (Å²) in [6, 6.07) is 16.6. The summed E-state index contributed by atoms with van der Waals surface area (Å²) in [5.41, 5.74) is 4.58. The third-order valence-electron chi connectivity index (χ3n) is 3.57. The lowest BCUT2D eigenvalue weighted by Gasteiger charge is -2.02. The summed E-state index contributed by atoms with van der Waals surface area (Å²) in [7, 11) is 0. The standard InChI is InChI=1S/C19H18N2/c1-2-16-5-3-4-6-17(16)10-7-15-8-11-18(12-9-15)19-20-13-14-21-19/h3-6,8-9,11-12H,2,13-14H2,1H3,(H,20,21). The average Bonchev–Trinajstić information content (AvgIpc) is 3.08. The number of hydrogen-bond donors (Lipinski definition) is 1.